The number of non-ortho nitro benzene ring substituents is 1. The van der Waals surface area contributed by atoms with Crippen LogP contribution < -0.4 is 4.90 Å². The molecule has 4 rings (SSSR count). The highest BCUT2D eigenvalue weighted by atomic mass is 19.1. The van der Waals surface area contributed by atoms with E-state index in [9.17, 15) is 39.4 Å². The van der Waals surface area contributed by atoms with Crippen LogP contribution in [0.25, 0.3) is 6.08 Å². The third kappa shape index (κ3) is 5.09. The van der Waals surface area contributed by atoms with Gasteiger partial charge in [0.25, 0.3) is 5.69 Å². The number of allylic oxidation sites excluding steroid dienone is 2. The molecule has 2 amide bonds. The van der Waals surface area contributed by atoms with Gasteiger partial charge in [0.2, 0.25) is 11.8 Å². The standard InChI is InChI=1S/C28H29FN2O7/c1-15(10-17-7-9-23(33)22(29)12-17)6-8-24(34)25-16(2)11-20-26(21(25)14-32)28(36)30(27(20)35)18-4-3-5-19(13-18)31(37)38/h3-5,7,9-10,12-13,20-21,24,26,32-34H,6,8,11,14H2,1-2H3/b15-10+/t20-,21+,24-,26-/m1/s1. The van der Waals surface area contributed by atoms with E-state index in [4.69, 9.17) is 0 Å². The number of hydrogen-bond donors (Lipinski definition) is 3. The molecule has 1 fully saturated rings. The largest absolute Gasteiger partial charge is 0.505 e. The summed E-state index contributed by atoms with van der Waals surface area (Å²) >= 11 is 0. The molecule has 2 aromatic rings. The van der Waals surface area contributed by atoms with Crippen molar-refractivity contribution in [1.29, 1.82) is 0 Å². The van der Waals surface area contributed by atoms with E-state index in [1.54, 1.807) is 19.1 Å². The second-order valence-electron chi connectivity index (χ2n) is 9.91. The van der Waals surface area contributed by atoms with Gasteiger partial charge in [-0.1, -0.05) is 29.4 Å². The summed E-state index contributed by atoms with van der Waals surface area (Å²) in [6, 6.07) is 9.35. The van der Waals surface area contributed by atoms with E-state index in [2.05, 4.69) is 0 Å². The number of phenols is 1. The lowest BCUT2D eigenvalue weighted by atomic mass is 9.68. The number of aromatic hydroxyl groups is 1. The summed E-state index contributed by atoms with van der Waals surface area (Å²) in [5.74, 6) is -4.61. The van der Waals surface area contributed by atoms with Crippen LogP contribution in [-0.2, 0) is 9.59 Å². The Morgan fingerprint density at radius 1 is 1.24 bits per heavy atom. The van der Waals surface area contributed by atoms with Crippen molar-refractivity contribution in [2.45, 2.75) is 39.2 Å². The van der Waals surface area contributed by atoms with Crippen molar-refractivity contribution in [2.75, 3.05) is 11.5 Å². The number of amides is 2. The van der Waals surface area contributed by atoms with Crippen LogP contribution in [0.1, 0.15) is 38.7 Å². The minimum atomic E-state index is -0.984. The van der Waals surface area contributed by atoms with Gasteiger partial charge in [-0.2, -0.15) is 0 Å². The molecule has 9 nitrogen and oxygen atoms in total. The minimum absolute atomic E-state index is 0.103. The lowest BCUT2D eigenvalue weighted by molar-refractivity contribution is -0.384. The third-order valence-electron chi connectivity index (χ3n) is 7.38. The number of nitro groups is 1. The average molecular weight is 525 g/mol. The molecule has 1 saturated heterocycles. The van der Waals surface area contributed by atoms with Gasteiger partial charge in [-0.05, 0) is 62.4 Å². The van der Waals surface area contributed by atoms with Crippen LogP contribution in [0, 0.1) is 33.7 Å². The van der Waals surface area contributed by atoms with Crippen LogP contribution in [0.5, 0.6) is 5.75 Å². The first-order chi connectivity index (χ1) is 18.0. The molecule has 1 aliphatic heterocycles. The van der Waals surface area contributed by atoms with Gasteiger partial charge in [0.15, 0.2) is 11.6 Å². The SMILES string of the molecule is CC1=C([C@H](O)CC/C(C)=C/c2ccc(O)c(F)c2)[C@H](CO)[C@@H]2C(=O)N(c3cccc([N+](=O)[O-])c3)C(=O)[C@@H]2C1. The van der Waals surface area contributed by atoms with Crippen LogP contribution in [-0.4, -0.2) is 44.8 Å². The summed E-state index contributed by atoms with van der Waals surface area (Å²) in [5, 5.41) is 42.0. The number of benzene rings is 2. The van der Waals surface area contributed by atoms with Gasteiger partial charge in [-0.3, -0.25) is 19.7 Å². The van der Waals surface area contributed by atoms with Crippen molar-refractivity contribution in [2.24, 2.45) is 17.8 Å². The van der Waals surface area contributed by atoms with Crippen molar-refractivity contribution in [3.63, 3.8) is 0 Å². The van der Waals surface area contributed by atoms with E-state index >= 15 is 0 Å². The minimum Gasteiger partial charge on any atom is -0.505 e. The van der Waals surface area contributed by atoms with Crippen molar-refractivity contribution in [1.82, 2.24) is 0 Å². The number of nitrogens with zero attached hydrogens (tertiary/aromatic N) is 2. The Hall–Kier alpha value is -3.89. The van der Waals surface area contributed by atoms with E-state index < -0.39 is 58.8 Å². The fourth-order valence-corrected chi connectivity index (χ4v) is 5.61. The second kappa shape index (κ2) is 10.8. The number of halogens is 1. The predicted molar refractivity (Wildman–Crippen MR) is 137 cm³/mol. The maximum atomic E-state index is 13.6. The van der Waals surface area contributed by atoms with Crippen LogP contribution in [0.15, 0.2) is 59.2 Å². The lowest BCUT2D eigenvalue weighted by Crippen LogP contribution is -2.38. The molecule has 1 aliphatic carbocycles. The van der Waals surface area contributed by atoms with Gasteiger partial charge >= 0.3 is 0 Å². The molecule has 0 unspecified atom stereocenters. The molecule has 0 aromatic heterocycles. The summed E-state index contributed by atoms with van der Waals surface area (Å²) in [4.78, 5) is 38.3. The molecule has 0 radical (unpaired) electrons. The summed E-state index contributed by atoms with van der Waals surface area (Å²) in [7, 11) is 0. The van der Waals surface area contributed by atoms with Crippen LogP contribution in [0.3, 0.4) is 0 Å². The first-order valence-corrected chi connectivity index (χ1v) is 12.3. The van der Waals surface area contributed by atoms with Gasteiger partial charge in [0, 0.05) is 18.1 Å². The highest BCUT2D eigenvalue weighted by molar-refractivity contribution is 6.22. The van der Waals surface area contributed by atoms with Crippen LogP contribution in [0.2, 0.25) is 0 Å². The quantitative estimate of drug-likeness (QED) is 0.204. The Labute approximate surface area is 218 Å². The predicted octanol–water partition coefficient (Wildman–Crippen LogP) is 4.12. The number of aliphatic hydroxyl groups excluding tert-OH is 2. The number of imide groups is 1. The van der Waals surface area contributed by atoms with Crippen LogP contribution in [0.4, 0.5) is 15.8 Å². The van der Waals surface area contributed by atoms with Gasteiger partial charge in [0.1, 0.15) is 0 Å². The summed E-state index contributed by atoms with van der Waals surface area (Å²) in [5.41, 5.74) is 2.52. The Kier molecular flexibility index (Phi) is 7.75. The molecule has 0 bridgehead atoms. The zero-order chi connectivity index (χ0) is 27.7. The number of anilines is 1. The normalized spacial score (nSPS) is 22.6. The first-order valence-electron chi connectivity index (χ1n) is 12.3. The molecule has 10 heteroatoms. The van der Waals surface area contributed by atoms with Crippen molar-refractivity contribution >= 4 is 29.3 Å². The molecular formula is C28H29FN2O7. The van der Waals surface area contributed by atoms with Crippen molar-refractivity contribution in [3.05, 3.63) is 80.7 Å². The van der Waals surface area contributed by atoms with Gasteiger partial charge < -0.3 is 15.3 Å². The molecule has 200 valence electrons. The molecule has 3 N–H and O–H groups in total. The third-order valence-corrected chi connectivity index (χ3v) is 7.38. The number of hydrogen-bond acceptors (Lipinski definition) is 7. The number of aliphatic hydroxyl groups is 2. The maximum Gasteiger partial charge on any atom is 0.271 e. The maximum absolute atomic E-state index is 13.6. The summed E-state index contributed by atoms with van der Waals surface area (Å²) in [6.45, 7) is 3.15. The summed E-state index contributed by atoms with van der Waals surface area (Å²) in [6.07, 6.45) is 1.71. The zero-order valence-corrected chi connectivity index (χ0v) is 21.0. The highest BCUT2D eigenvalue weighted by Gasteiger charge is 2.55. The Bertz CT molecular complexity index is 1350. The highest BCUT2D eigenvalue weighted by Crippen LogP contribution is 2.47. The van der Waals surface area contributed by atoms with Crippen molar-refractivity contribution < 1.29 is 34.2 Å². The van der Waals surface area contributed by atoms with E-state index in [1.165, 1.54) is 36.4 Å². The number of carbonyl (C=O) groups excluding carboxylic acids is 2. The van der Waals surface area contributed by atoms with E-state index in [0.29, 0.717) is 17.6 Å². The molecular weight excluding hydrogens is 495 g/mol. The topological polar surface area (TPSA) is 141 Å². The molecule has 4 atom stereocenters. The molecule has 2 aliphatic rings. The first kappa shape index (κ1) is 27.2. The molecule has 2 aromatic carbocycles. The molecule has 0 spiro atoms. The van der Waals surface area contributed by atoms with Gasteiger partial charge in [-0.25, -0.2) is 9.29 Å². The van der Waals surface area contributed by atoms with Crippen molar-refractivity contribution in [3.8, 4) is 5.75 Å². The number of fused-ring (bicyclic) bond motifs is 1. The van der Waals surface area contributed by atoms with E-state index in [0.717, 1.165) is 16.0 Å². The number of rotatable bonds is 8. The fourth-order valence-electron chi connectivity index (χ4n) is 5.61. The number of carbonyl (C=O) groups is 2. The Morgan fingerprint density at radius 2 is 1.97 bits per heavy atom. The molecule has 0 saturated carbocycles. The smallest absolute Gasteiger partial charge is 0.271 e. The number of phenolic OH excluding ortho intramolecular Hbond substituents is 1. The Morgan fingerprint density at radius 3 is 2.63 bits per heavy atom. The van der Waals surface area contributed by atoms with E-state index in [1.807, 2.05) is 6.92 Å². The molecule has 38 heavy (non-hydrogen) atoms. The lowest BCUT2D eigenvalue weighted by Gasteiger charge is -2.35. The number of nitro benzene ring substituents is 1. The van der Waals surface area contributed by atoms with Gasteiger partial charge in [0.05, 0.1) is 35.2 Å². The average Bonchev–Trinajstić information content (AvgIpc) is 3.13. The molecule has 1 heterocycles. The van der Waals surface area contributed by atoms with Crippen LogP contribution >= 0.6 is 0 Å². The summed E-state index contributed by atoms with van der Waals surface area (Å²) < 4.78 is 13.6. The van der Waals surface area contributed by atoms with E-state index in [-0.39, 0.29) is 24.2 Å². The zero-order valence-electron chi connectivity index (χ0n) is 21.0. The second-order valence-corrected chi connectivity index (χ2v) is 9.91. The fraction of sp³-hybridized carbons (Fsp3) is 0.357. The van der Waals surface area contributed by atoms with Gasteiger partial charge in [-0.15, -0.1) is 0 Å². The monoisotopic (exact) mass is 524 g/mol. The Balaban J connectivity index is 1.54.